The van der Waals surface area contributed by atoms with Crippen molar-refractivity contribution in [1.29, 1.82) is 0 Å². The summed E-state index contributed by atoms with van der Waals surface area (Å²) < 4.78 is 22.4. The van der Waals surface area contributed by atoms with Crippen molar-refractivity contribution >= 4 is 15.7 Å². The Morgan fingerprint density at radius 2 is 2.27 bits per heavy atom. The number of nitrogens with one attached hydrogen (secondary N) is 1. The molecule has 0 saturated carbocycles. The molecule has 1 unspecified atom stereocenters. The molecular weight excluding hydrogens is 218 g/mol. The molecular formula is C8H17N3O3S. The predicted molar refractivity (Wildman–Crippen MR) is 56.6 cm³/mol. The van der Waals surface area contributed by atoms with Crippen LogP contribution in [0.2, 0.25) is 0 Å². The van der Waals surface area contributed by atoms with E-state index in [0.29, 0.717) is 19.4 Å². The Morgan fingerprint density at radius 1 is 1.60 bits per heavy atom. The van der Waals surface area contributed by atoms with E-state index in [0.717, 1.165) is 0 Å². The fraction of sp³-hybridized carbons (Fsp3) is 0.875. The van der Waals surface area contributed by atoms with Crippen LogP contribution in [0.25, 0.3) is 0 Å². The first kappa shape index (κ1) is 12.4. The highest BCUT2D eigenvalue weighted by Gasteiger charge is 2.30. The van der Waals surface area contributed by atoms with Gasteiger partial charge >= 0.3 is 0 Å². The number of amides is 1. The lowest BCUT2D eigenvalue weighted by atomic mass is 10.2. The molecule has 0 aromatic rings. The summed E-state index contributed by atoms with van der Waals surface area (Å²) in [5.41, 5.74) is 2.04. The van der Waals surface area contributed by atoms with E-state index in [1.54, 1.807) is 0 Å². The second-order valence-electron chi connectivity index (χ2n) is 3.85. The number of rotatable bonds is 4. The van der Waals surface area contributed by atoms with Crippen molar-refractivity contribution in [3.63, 3.8) is 0 Å². The third kappa shape index (κ3) is 3.77. The molecule has 1 saturated heterocycles. The number of nitrogens with two attached hydrogens (primary N) is 1. The van der Waals surface area contributed by atoms with Gasteiger partial charge in [-0.25, -0.2) is 14.3 Å². The summed E-state index contributed by atoms with van der Waals surface area (Å²) >= 11 is 0. The van der Waals surface area contributed by atoms with E-state index >= 15 is 0 Å². The largest absolute Gasteiger partial charge is 0.302 e. The van der Waals surface area contributed by atoms with E-state index in [-0.39, 0.29) is 23.5 Å². The molecule has 0 aliphatic carbocycles. The van der Waals surface area contributed by atoms with Crippen LogP contribution >= 0.6 is 0 Å². The van der Waals surface area contributed by atoms with Crippen LogP contribution < -0.4 is 11.3 Å². The highest BCUT2D eigenvalue weighted by Crippen LogP contribution is 2.16. The zero-order valence-electron chi connectivity index (χ0n) is 8.77. The number of hydrazine groups is 1. The zero-order valence-corrected chi connectivity index (χ0v) is 9.59. The van der Waals surface area contributed by atoms with Crippen LogP contribution in [0.5, 0.6) is 0 Å². The summed E-state index contributed by atoms with van der Waals surface area (Å²) in [7, 11) is -1.02. The molecule has 7 heteroatoms. The SMILES string of the molecule is CN(CCC(=O)NN)C1CCS(=O)(=O)C1. The van der Waals surface area contributed by atoms with Gasteiger partial charge in [0.25, 0.3) is 0 Å². The predicted octanol–water partition coefficient (Wildman–Crippen LogP) is -1.51. The zero-order chi connectivity index (χ0) is 11.5. The number of hydrogen-bond donors (Lipinski definition) is 2. The first-order valence-electron chi connectivity index (χ1n) is 4.85. The lowest BCUT2D eigenvalue weighted by molar-refractivity contribution is -0.121. The van der Waals surface area contributed by atoms with Crippen molar-refractivity contribution < 1.29 is 13.2 Å². The number of sulfone groups is 1. The van der Waals surface area contributed by atoms with Gasteiger partial charge in [-0.2, -0.15) is 0 Å². The molecule has 0 bridgehead atoms. The molecule has 15 heavy (non-hydrogen) atoms. The van der Waals surface area contributed by atoms with Gasteiger partial charge < -0.3 is 4.90 Å². The van der Waals surface area contributed by atoms with Crippen molar-refractivity contribution in [2.75, 3.05) is 25.1 Å². The van der Waals surface area contributed by atoms with Crippen molar-refractivity contribution in [3.8, 4) is 0 Å². The Kier molecular flexibility index (Phi) is 4.06. The van der Waals surface area contributed by atoms with Gasteiger partial charge in [0.2, 0.25) is 5.91 Å². The summed E-state index contributed by atoms with van der Waals surface area (Å²) in [5, 5.41) is 0. The maximum absolute atomic E-state index is 11.2. The summed E-state index contributed by atoms with van der Waals surface area (Å²) in [5.74, 6) is 5.16. The van der Waals surface area contributed by atoms with Crippen LogP contribution in [-0.2, 0) is 14.6 Å². The van der Waals surface area contributed by atoms with Crippen molar-refractivity contribution in [3.05, 3.63) is 0 Å². The molecule has 1 fully saturated rings. The molecule has 3 N–H and O–H groups in total. The Labute approximate surface area is 89.7 Å². The van der Waals surface area contributed by atoms with Gasteiger partial charge in [0.15, 0.2) is 9.84 Å². The molecule has 1 aliphatic heterocycles. The van der Waals surface area contributed by atoms with Gasteiger partial charge in [-0.15, -0.1) is 0 Å². The van der Waals surface area contributed by atoms with E-state index < -0.39 is 9.84 Å². The molecule has 0 aromatic carbocycles. The van der Waals surface area contributed by atoms with Gasteiger partial charge in [0, 0.05) is 19.0 Å². The Balaban J connectivity index is 2.36. The molecule has 1 heterocycles. The van der Waals surface area contributed by atoms with Crippen LogP contribution in [0.3, 0.4) is 0 Å². The molecule has 88 valence electrons. The summed E-state index contributed by atoms with van der Waals surface area (Å²) in [6.07, 6.45) is 0.951. The highest BCUT2D eigenvalue weighted by molar-refractivity contribution is 7.91. The summed E-state index contributed by atoms with van der Waals surface area (Å²) in [6.45, 7) is 0.531. The van der Waals surface area contributed by atoms with Crippen molar-refractivity contribution in [2.45, 2.75) is 18.9 Å². The number of hydrogen-bond acceptors (Lipinski definition) is 5. The van der Waals surface area contributed by atoms with Crippen LogP contribution in [0, 0.1) is 0 Å². The second kappa shape index (κ2) is 4.91. The van der Waals surface area contributed by atoms with E-state index in [2.05, 4.69) is 0 Å². The summed E-state index contributed by atoms with van der Waals surface area (Å²) in [6, 6.07) is 0.0422. The summed E-state index contributed by atoms with van der Waals surface area (Å²) in [4.78, 5) is 12.8. The molecule has 0 aromatic heterocycles. The van der Waals surface area contributed by atoms with Crippen molar-refractivity contribution in [1.82, 2.24) is 10.3 Å². The quantitative estimate of drug-likeness (QED) is 0.351. The first-order valence-corrected chi connectivity index (χ1v) is 6.67. The number of carbonyl (C=O) groups excluding carboxylic acids is 1. The van der Waals surface area contributed by atoms with Gasteiger partial charge in [-0.1, -0.05) is 0 Å². The minimum atomic E-state index is -2.85. The topological polar surface area (TPSA) is 92.5 Å². The third-order valence-corrected chi connectivity index (χ3v) is 4.43. The molecule has 0 radical (unpaired) electrons. The lowest BCUT2D eigenvalue weighted by Crippen LogP contribution is -2.37. The average Bonchev–Trinajstić information content (AvgIpc) is 2.54. The Morgan fingerprint density at radius 3 is 2.73 bits per heavy atom. The second-order valence-corrected chi connectivity index (χ2v) is 6.08. The molecule has 1 amide bonds. The normalized spacial score (nSPS) is 24.3. The maximum atomic E-state index is 11.2. The molecule has 1 aliphatic rings. The highest BCUT2D eigenvalue weighted by atomic mass is 32.2. The van der Waals surface area contributed by atoms with Crippen LogP contribution in [-0.4, -0.2) is 50.4 Å². The fourth-order valence-corrected chi connectivity index (χ4v) is 3.46. The molecule has 6 nitrogen and oxygen atoms in total. The van der Waals surface area contributed by atoms with Crippen LogP contribution in [0.1, 0.15) is 12.8 Å². The van der Waals surface area contributed by atoms with E-state index in [1.807, 2.05) is 17.4 Å². The maximum Gasteiger partial charge on any atom is 0.235 e. The molecule has 0 spiro atoms. The molecule has 1 rings (SSSR count). The monoisotopic (exact) mass is 235 g/mol. The van der Waals surface area contributed by atoms with Gasteiger partial charge in [-0.05, 0) is 13.5 Å². The molecule has 1 atom stereocenters. The van der Waals surface area contributed by atoms with Crippen molar-refractivity contribution in [2.24, 2.45) is 5.84 Å². The Bertz CT molecular complexity index is 328. The van der Waals surface area contributed by atoms with E-state index in [9.17, 15) is 13.2 Å². The fourth-order valence-electron chi connectivity index (χ4n) is 1.66. The smallest absolute Gasteiger partial charge is 0.235 e. The Hall–Kier alpha value is -0.660. The van der Waals surface area contributed by atoms with E-state index in [1.165, 1.54) is 0 Å². The number of nitrogens with zero attached hydrogens (tertiary/aromatic N) is 1. The minimum Gasteiger partial charge on any atom is -0.302 e. The third-order valence-electron chi connectivity index (χ3n) is 2.68. The van der Waals surface area contributed by atoms with Gasteiger partial charge in [0.1, 0.15) is 0 Å². The van der Waals surface area contributed by atoms with E-state index in [4.69, 9.17) is 5.84 Å². The lowest BCUT2D eigenvalue weighted by Gasteiger charge is -2.22. The van der Waals surface area contributed by atoms with Gasteiger partial charge in [0.05, 0.1) is 11.5 Å². The van der Waals surface area contributed by atoms with Crippen LogP contribution in [0.15, 0.2) is 0 Å². The van der Waals surface area contributed by atoms with Gasteiger partial charge in [-0.3, -0.25) is 10.2 Å². The van der Waals surface area contributed by atoms with Crippen LogP contribution in [0.4, 0.5) is 0 Å². The number of carbonyl (C=O) groups is 1. The average molecular weight is 235 g/mol. The standard InChI is InChI=1S/C8H17N3O3S/c1-11(4-2-8(12)10-9)7-3-5-15(13,14)6-7/h7H,2-6,9H2,1H3,(H,10,12). The minimum absolute atomic E-state index is 0.0422. The first-order chi connectivity index (χ1) is 6.94.